The number of anilines is 1. The summed E-state index contributed by atoms with van der Waals surface area (Å²) in [6, 6.07) is -0.0934. The minimum absolute atomic E-state index is 0.126. The Morgan fingerprint density at radius 1 is 1.24 bits per heavy atom. The number of aliphatic hydroxyl groups is 4. The fourth-order valence-electron chi connectivity index (χ4n) is 3.83. The summed E-state index contributed by atoms with van der Waals surface area (Å²) in [5.41, 5.74) is 4.48. The number of nitrogens with two attached hydrogens (primary N) is 1. The summed E-state index contributed by atoms with van der Waals surface area (Å²) in [5.74, 6) is -4.27. The van der Waals surface area contributed by atoms with E-state index in [1.165, 1.54) is 6.07 Å². The molecular weight excluding hydrogens is 602 g/mol. The van der Waals surface area contributed by atoms with E-state index in [9.17, 15) is 48.7 Å². The summed E-state index contributed by atoms with van der Waals surface area (Å²) in [4.78, 5) is 56.9. The van der Waals surface area contributed by atoms with Gasteiger partial charge in [0.25, 0.3) is 0 Å². The van der Waals surface area contributed by atoms with Crippen LogP contribution in [-0.2, 0) is 37.2 Å². The highest BCUT2D eigenvalue weighted by atomic mass is 31.2. The van der Waals surface area contributed by atoms with E-state index >= 15 is 0 Å². The average Bonchev–Trinajstić information content (AvgIpc) is 3.14. The van der Waals surface area contributed by atoms with Crippen molar-refractivity contribution in [1.82, 2.24) is 14.9 Å². The van der Waals surface area contributed by atoms with Gasteiger partial charge in [0.15, 0.2) is 6.23 Å². The van der Waals surface area contributed by atoms with E-state index < -0.39 is 94.8 Å². The van der Waals surface area contributed by atoms with Gasteiger partial charge in [-0.25, -0.2) is 9.36 Å². The predicted octanol–water partition coefficient (Wildman–Crippen LogP) is -3.80. The zero-order valence-electron chi connectivity index (χ0n) is 21.1. The van der Waals surface area contributed by atoms with Gasteiger partial charge in [-0.3, -0.25) is 23.0 Å². The third-order valence-electron chi connectivity index (χ3n) is 5.64. The minimum atomic E-state index is -5.50. The number of ether oxygens (including phenoxy) is 3. The lowest BCUT2D eigenvalue weighted by Gasteiger charge is -2.37. The monoisotopic (exact) mass is 632 g/mol. The van der Waals surface area contributed by atoms with Crippen molar-refractivity contribution in [1.29, 1.82) is 0 Å². The molecule has 2 aliphatic rings. The third kappa shape index (κ3) is 8.39. The number of amides is 1. The average molecular weight is 632 g/mol. The summed E-state index contributed by atoms with van der Waals surface area (Å²) in [7, 11) is -10.9. The van der Waals surface area contributed by atoms with Gasteiger partial charge < -0.3 is 60.4 Å². The first-order chi connectivity index (χ1) is 19.0. The second kappa shape index (κ2) is 13.3. The van der Waals surface area contributed by atoms with Crippen LogP contribution in [0.15, 0.2) is 28.9 Å². The van der Waals surface area contributed by atoms with Crippen molar-refractivity contribution < 1.29 is 72.3 Å². The Hall–Kier alpha value is -2.29. The Labute approximate surface area is 230 Å². The van der Waals surface area contributed by atoms with Crippen LogP contribution in [0.5, 0.6) is 0 Å². The molecule has 10 N–H and O–H groups in total. The van der Waals surface area contributed by atoms with Gasteiger partial charge in [0.2, 0.25) is 18.0 Å². The van der Waals surface area contributed by atoms with E-state index in [0.29, 0.717) is 6.08 Å². The van der Waals surface area contributed by atoms with Crippen molar-refractivity contribution in [3.63, 3.8) is 0 Å². The molecule has 232 valence electrons. The number of carbonyl (C=O) groups is 1. The fourth-order valence-corrected chi connectivity index (χ4v) is 5.91. The molecule has 0 aromatic carbocycles. The summed E-state index contributed by atoms with van der Waals surface area (Å²) in [6.07, 6.45) is -8.04. The molecule has 22 heteroatoms. The smallest absolute Gasteiger partial charge is 0.464 e. The van der Waals surface area contributed by atoms with Crippen molar-refractivity contribution in [3.8, 4) is 0 Å². The van der Waals surface area contributed by atoms with Crippen LogP contribution in [0.25, 0.3) is 0 Å². The maximum atomic E-state index is 12.7. The number of hydrogen-bond acceptors (Lipinski definition) is 15. The summed E-state index contributed by atoms with van der Waals surface area (Å²) < 4.78 is 50.9. The lowest BCUT2D eigenvalue weighted by Crippen LogP contribution is -2.54. The molecule has 41 heavy (non-hydrogen) atoms. The second-order valence-corrected chi connectivity index (χ2v) is 11.8. The highest BCUT2D eigenvalue weighted by molar-refractivity contribution is 7.54. The molecule has 1 aromatic rings. The number of nitrogens with one attached hydrogen (secondary N) is 1. The van der Waals surface area contributed by atoms with Crippen LogP contribution in [0.3, 0.4) is 0 Å². The largest absolute Gasteiger partial charge is 0.473 e. The lowest BCUT2D eigenvalue weighted by molar-refractivity contribution is -0.172. The number of nitrogen functional groups attached to an aromatic ring is 1. The Bertz CT molecular complexity index is 1270. The van der Waals surface area contributed by atoms with Crippen LogP contribution in [0.1, 0.15) is 13.2 Å². The molecule has 9 atom stereocenters. The number of aromatic nitrogens is 2. The van der Waals surface area contributed by atoms with Crippen molar-refractivity contribution in [2.24, 2.45) is 0 Å². The minimum Gasteiger partial charge on any atom is -0.464 e. The quantitative estimate of drug-likeness (QED) is 0.0997. The number of aliphatic hydroxyl groups excluding tert-OH is 4. The van der Waals surface area contributed by atoms with Crippen LogP contribution in [0.2, 0.25) is 0 Å². The zero-order chi connectivity index (χ0) is 30.7. The molecular formula is C19H30N4O16P2. The van der Waals surface area contributed by atoms with Gasteiger partial charge in [-0.1, -0.05) is 0 Å². The molecule has 1 saturated heterocycles. The predicted molar refractivity (Wildman–Crippen MR) is 131 cm³/mol. The van der Waals surface area contributed by atoms with Crippen LogP contribution >= 0.6 is 15.4 Å². The number of nitrogens with zero attached hydrogens (tertiary/aromatic N) is 2. The topological polar surface area (TPSA) is 312 Å². The van der Waals surface area contributed by atoms with Gasteiger partial charge >= 0.3 is 21.1 Å². The van der Waals surface area contributed by atoms with E-state index in [2.05, 4.69) is 14.8 Å². The number of hydrogen-bond donors (Lipinski definition) is 9. The molecule has 0 saturated carbocycles. The van der Waals surface area contributed by atoms with Crippen LogP contribution in [0, 0.1) is 0 Å². The Morgan fingerprint density at radius 3 is 2.51 bits per heavy atom. The standard InChI is InChI=1S/C19H30N4O16P2/c1-8(25)21-13-9(26)6-10(38-17(13)35-5-4-24)18(40(30,31)32)39-41(33,34)36-7-11-14(27)15(28)16(37-11)23-3-2-12(20)22-19(23)29/h2-3,6,9,11,13-18,24,26-28H,4-5,7H2,1H3,(H,21,25)(H,33,34)(H2,20,22,29)(H2,30,31,32)/t9-,11-,13-,14?,15+,16-,17?,18?/m1/s1. The summed E-state index contributed by atoms with van der Waals surface area (Å²) in [6.45, 7) is -0.803. The number of carbonyl (C=O) groups excluding carboxylic acids is 1. The molecule has 0 radical (unpaired) electrons. The molecule has 0 aliphatic carbocycles. The molecule has 3 heterocycles. The van der Waals surface area contributed by atoms with E-state index in [-0.39, 0.29) is 12.4 Å². The van der Waals surface area contributed by atoms with Crippen molar-refractivity contribution >= 4 is 27.1 Å². The van der Waals surface area contributed by atoms with E-state index in [1.54, 1.807) is 0 Å². The third-order valence-corrected chi connectivity index (χ3v) is 7.73. The highest BCUT2D eigenvalue weighted by Gasteiger charge is 2.48. The Balaban J connectivity index is 1.75. The van der Waals surface area contributed by atoms with Crippen LogP contribution < -0.4 is 16.7 Å². The maximum Gasteiger partial charge on any atom is 0.473 e. The molecule has 0 bridgehead atoms. The van der Waals surface area contributed by atoms with Gasteiger partial charge in [0, 0.05) is 13.1 Å². The van der Waals surface area contributed by atoms with Gasteiger partial charge in [-0.2, -0.15) is 4.98 Å². The zero-order valence-corrected chi connectivity index (χ0v) is 22.9. The molecule has 1 aromatic heterocycles. The number of phosphoric ester groups is 1. The second-order valence-electron chi connectivity index (χ2n) is 8.77. The van der Waals surface area contributed by atoms with Gasteiger partial charge in [0.1, 0.15) is 42.0 Å². The van der Waals surface area contributed by atoms with Crippen molar-refractivity contribution in [3.05, 3.63) is 34.6 Å². The van der Waals surface area contributed by atoms with Crippen LogP contribution in [-0.4, -0.2) is 113 Å². The van der Waals surface area contributed by atoms with Gasteiger partial charge in [-0.15, -0.1) is 0 Å². The van der Waals surface area contributed by atoms with E-state index in [4.69, 9.17) is 29.6 Å². The first-order valence-corrected chi connectivity index (χ1v) is 14.8. The van der Waals surface area contributed by atoms with Crippen molar-refractivity contribution in [2.75, 3.05) is 25.6 Å². The first kappa shape index (κ1) is 33.2. The van der Waals surface area contributed by atoms with E-state index in [0.717, 1.165) is 17.7 Å². The lowest BCUT2D eigenvalue weighted by atomic mass is 10.1. The molecule has 20 nitrogen and oxygen atoms in total. The van der Waals surface area contributed by atoms with Gasteiger partial charge in [0.05, 0.1) is 19.8 Å². The summed E-state index contributed by atoms with van der Waals surface area (Å²) in [5, 5.41) is 42.4. The first-order valence-electron chi connectivity index (χ1n) is 11.7. The Kier molecular flexibility index (Phi) is 10.8. The number of rotatable bonds is 12. The molecule has 4 unspecified atom stereocenters. The molecule has 1 amide bonds. The van der Waals surface area contributed by atoms with Gasteiger partial charge in [-0.05, 0) is 12.1 Å². The number of phosphoric acid groups is 1. The maximum absolute atomic E-state index is 12.7. The van der Waals surface area contributed by atoms with Crippen LogP contribution in [0.4, 0.5) is 5.82 Å². The molecule has 2 aliphatic heterocycles. The highest BCUT2D eigenvalue weighted by Crippen LogP contribution is 2.56. The summed E-state index contributed by atoms with van der Waals surface area (Å²) >= 11 is 0. The van der Waals surface area contributed by atoms with Crippen molar-refractivity contribution in [2.45, 2.75) is 55.7 Å². The SMILES string of the molecule is CC(=O)N[C@H]1C(OCCO)OC(C(OP(=O)(O)OC[C@H]2O[C@@H](n3ccc(N)nc3=O)[C@@H](O)C2O)P(=O)(O)O)=C[C@H]1O. The molecule has 3 rings (SSSR count). The molecule has 1 fully saturated rings. The fraction of sp³-hybridized carbons (Fsp3) is 0.632. The normalized spacial score (nSPS) is 30.6. The molecule has 0 spiro atoms. The Morgan fingerprint density at radius 2 is 1.93 bits per heavy atom. The van der Waals surface area contributed by atoms with E-state index in [1.807, 2.05) is 0 Å².